The van der Waals surface area contributed by atoms with E-state index in [4.69, 9.17) is 9.15 Å². The number of aromatic nitrogens is 2. The van der Waals surface area contributed by atoms with Crippen molar-refractivity contribution in [1.82, 2.24) is 14.9 Å². The molecule has 0 aliphatic carbocycles. The number of nitriles is 1. The van der Waals surface area contributed by atoms with Crippen LogP contribution in [-0.4, -0.2) is 45.0 Å². The molecule has 1 aliphatic rings. The first-order chi connectivity index (χ1) is 14.5. The Kier molecular flexibility index (Phi) is 5.22. The second-order valence-corrected chi connectivity index (χ2v) is 6.90. The number of carbonyl (C=O) groups excluding carboxylic acids is 2. The zero-order valence-electron chi connectivity index (χ0n) is 15.9. The lowest BCUT2D eigenvalue weighted by atomic mass is 10.1. The van der Waals surface area contributed by atoms with Gasteiger partial charge in [0.25, 0.3) is 0 Å². The number of para-hydroxylation sites is 2. The summed E-state index contributed by atoms with van der Waals surface area (Å²) < 4.78 is 10.4. The molecule has 0 unspecified atom stereocenters. The molecule has 0 bridgehead atoms. The highest BCUT2D eigenvalue weighted by Gasteiger charge is 2.35. The number of nitrogens with one attached hydrogen (secondary N) is 1. The van der Waals surface area contributed by atoms with Crippen LogP contribution in [0.15, 0.2) is 52.8 Å². The Morgan fingerprint density at radius 3 is 2.93 bits per heavy atom. The summed E-state index contributed by atoms with van der Waals surface area (Å²) >= 11 is 0. The Hall–Kier alpha value is -4.06. The number of ether oxygens (including phenoxy) is 1. The third-order valence-corrected chi connectivity index (χ3v) is 4.85. The summed E-state index contributed by atoms with van der Waals surface area (Å²) in [7, 11) is 0. The number of carbonyl (C=O) groups is 2. The summed E-state index contributed by atoms with van der Waals surface area (Å²) in [6.07, 6.45) is 1.55. The van der Waals surface area contributed by atoms with Crippen molar-refractivity contribution in [1.29, 1.82) is 5.26 Å². The molecule has 9 nitrogen and oxygen atoms in total. The van der Waals surface area contributed by atoms with E-state index in [1.54, 1.807) is 24.3 Å². The molecule has 1 aliphatic heterocycles. The van der Waals surface area contributed by atoms with Crippen molar-refractivity contribution in [3.8, 4) is 6.07 Å². The predicted octanol–water partition coefficient (Wildman–Crippen LogP) is 2.54. The summed E-state index contributed by atoms with van der Waals surface area (Å²) in [5.74, 6) is -1.03. The normalized spacial score (nSPS) is 17.1. The van der Waals surface area contributed by atoms with E-state index in [1.807, 2.05) is 18.2 Å². The number of esters is 1. The van der Waals surface area contributed by atoms with Gasteiger partial charge in [-0.3, -0.25) is 9.59 Å². The Labute approximate surface area is 171 Å². The summed E-state index contributed by atoms with van der Waals surface area (Å²) in [5.41, 5.74) is 1.25. The molecule has 1 atom stereocenters. The molecule has 1 fully saturated rings. The van der Waals surface area contributed by atoms with Crippen LogP contribution in [0.1, 0.15) is 18.0 Å². The fourth-order valence-electron chi connectivity index (χ4n) is 3.33. The molecule has 30 heavy (non-hydrogen) atoms. The fraction of sp³-hybridized carbons (Fsp3) is 0.238. The van der Waals surface area contributed by atoms with Crippen LogP contribution in [0, 0.1) is 17.2 Å². The quantitative estimate of drug-likeness (QED) is 0.365. The first kappa shape index (κ1) is 19.3. The van der Waals surface area contributed by atoms with Crippen LogP contribution < -0.4 is 0 Å². The first-order valence-corrected chi connectivity index (χ1v) is 9.29. The molecule has 1 aromatic carbocycles. The van der Waals surface area contributed by atoms with Gasteiger partial charge in [-0.1, -0.05) is 12.1 Å². The molecule has 0 saturated carbocycles. The molecule has 0 radical (unpaired) electrons. The van der Waals surface area contributed by atoms with E-state index >= 15 is 0 Å². The van der Waals surface area contributed by atoms with Gasteiger partial charge in [0, 0.05) is 13.0 Å². The van der Waals surface area contributed by atoms with Crippen molar-refractivity contribution in [2.75, 3.05) is 13.2 Å². The van der Waals surface area contributed by atoms with Gasteiger partial charge in [0.15, 0.2) is 11.6 Å². The Bertz CT molecular complexity index is 1120. The molecule has 0 spiro atoms. The number of amides is 1. The van der Waals surface area contributed by atoms with E-state index in [0.717, 1.165) is 0 Å². The highest BCUT2D eigenvalue weighted by molar-refractivity contribution is 5.87. The van der Waals surface area contributed by atoms with Gasteiger partial charge >= 0.3 is 5.97 Å². The SMILES string of the molecule is N#CC(=C(O)COC(=O)[C@@H]1CC(=O)N(Cc2ccco2)C1)c1nc2ccccc2[nH]1. The van der Waals surface area contributed by atoms with Gasteiger partial charge in [0.2, 0.25) is 5.91 Å². The van der Waals surface area contributed by atoms with Crippen LogP contribution >= 0.6 is 0 Å². The zero-order valence-corrected chi connectivity index (χ0v) is 15.9. The summed E-state index contributed by atoms with van der Waals surface area (Å²) in [6, 6.07) is 12.6. The maximum Gasteiger partial charge on any atom is 0.311 e. The number of furan rings is 1. The van der Waals surface area contributed by atoms with Crippen LogP contribution in [0.5, 0.6) is 0 Å². The number of likely N-dealkylation sites (tertiary alicyclic amines) is 1. The number of aromatic amines is 1. The number of H-pyrrole nitrogens is 1. The number of imidazole rings is 1. The third kappa shape index (κ3) is 3.89. The molecule has 3 aromatic rings. The number of rotatable bonds is 6. The van der Waals surface area contributed by atoms with E-state index in [9.17, 15) is 20.0 Å². The topological polar surface area (TPSA) is 132 Å². The lowest BCUT2D eigenvalue weighted by molar-refractivity contribution is -0.148. The van der Waals surface area contributed by atoms with E-state index < -0.39 is 24.3 Å². The highest BCUT2D eigenvalue weighted by Crippen LogP contribution is 2.23. The van der Waals surface area contributed by atoms with E-state index in [2.05, 4.69) is 9.97 Å². The molecule has 9 heteroatoms. The number of aliphatic hydroxyl groups is 1. The minimum atomic E-state index is -0.642. The summed E-state index contributed by atoms with van der Waals surface area (Å²) in [5, 5.41) is 19.7. The van der Waals surface area contributed by atoms with Crippen LogP contribution in [0.25, 0.3) is 16.6 Å². The van der Waals surface area contributed by atoms with E-state index in [1.165, 1.54) is 11.2 Å². The number of allylic oxidation sites excluding steroid dienone is 1. The largest absolute Gasteiger partial charge is 0.507 e. The first-order valence-electron chi connectivity index (χ1n) is 9.29. The minimum absolute atomic E-state index is 0.0265. The standard InChI is InChI=1S/C21H18N4O5/c22-9-15(20-23-16-5-1-2-6-17(16)24-20)18(26)12-30-21(28)13-8-19(27)25(10-13)11-14-4-3-7-29-14/h1-7,13,26H,8,10-12H2,(H,23,24)/t13-/m1/s1. The fourth-order valence-corrected chi connectivity index (χ4v) is 3.33. The van der Waals surface area contributed by atoms with Gasteiger partial charge in [-0.05, 0) is 24.3 Å². The molecule has 1 amide bonds. The smallest absolute Gasteiger partial charge is 0.311 e. The number of fused-ring (bicyclic) bond motifs is 1. The van der Waals surface area contributed by atoms with Gasteiger partial charge in [-0.25, -0.2) is 4.98 Å². The van der Waals surface area contributed by atoms with E-state index in [0.29, 0.717) is 16.8 Å². The van der Waals surface area contributed by atoms with Crippen molar-refractivity contribution < 1.29 is 23.8 Å². The molecule has 2 aromatic heterocycles. The third-order valence-electron chi connectivity index (χ3n) is 4.85. The van der Waals surface area contributed by atoms with Gasteiger partial charge in [-0.15, -0.1) is 0 Å². The lowest BCUT2D eigenvalue weighted by Gasteiger charge is -2.14. The van der Waals surface area contributed by atoms with Crippen molar-refractivity contribution in [3.05, 3.63) is 60.0 Å². The number of aliphatic hydroxyl groups excluding tert-OH is 1. The number of hydrogen-bond donors (Lipinski definition) is 2. The zero-order chi connectivity index (χ0) is 21.1. The Balaban J connectivity index is 1.40. The number of nitrogens with zero attached hydrogens (tertiary/aromatic N) is 3. The van der Waals surface area contributed by atoms with Crippen LogP contribution in [0.2, 0.25) is 0 Å². The maximum absolute atomic E-state index is 12.4. The lowest BCUT2D eigenvalue weighted by Crippen LogP contribution is -2.26. The Morgan fingerprint density at radius 1 is 1.37 bits per heavy atom. The van der Waals surface area contributed by atoms with Crippen LogP contribution in [-0.2, 0) is 20.9 Å². The Morgan fingerprint density at radius 2 is 2.20 bits per heavy atom. The molecule has 1 saturated heterocycles. The number of benzene rings is 1. The van der Waals surface area contributed by atoms with Crippen LogP contribution in [0.3, 0.4) is 0 Å². The second kappa shape index (κ2) is 8.13. The predicted molar refractivity (Wildman–Crippen MR) is 104 cm³/mol. The van der Waals surface area contributed by atoms with Gasteiger partial charge in [0.1, 0.15) is 24.0 Å². The summed E-state index contributed by atoms with van der Waals surface area (Å²) in [4.78, 5) is 33.2. The van der Waals surface area contributed by atoms with E-state index in [-0.39, 0.29) is 36.8 Å². The molecule has 152 valence electrons. The average molecular weight is 406 g/mol. The highest BCUT2D eigenvalue weighted by atomic mass is 16.5. The van der Waals surface area contributed by atoms with Gasteiger partial charge in [-0.2, -0.15) is 5.26 Å². The molecular formula is C21H18N4O5. The molecule has 4 rings (SSSR count). The van der Waals surface area contributed by atoms with Gasteiger partial charge < -0.3 is 24.1 Å². The second-order valence-electron chi connectivity index (χ2n) is 6.90. The van der Waals surface area contributed by atoms with Crippen molar-refractivity contribution in [3.63, 3.8) is 0 Å². The van der Waals surface area contributed by atoms with Crippen molar-refractivity contribution >= 4 is 28.5 Å². The molecular weight excluding hydrogens is 388 g/mol. The number of hydrogen-bond acceptors (Lipinski definition) is 7. The van der Waals surface area contributed by atoms with Crippen molar-refractivity contribution in [2.45, 2.75) is 13.0 Å². The molecule has 2 N–H and O–H groups in total. The van der Waals surface area contributed by atoms with Crippen LogP contribution in [0.4, 0.5) is 0 Å². The van der Waals surface area contributed by atoms with Crippen molar-refractivity contribution in [2.24, 2.45) is 5.92 Å². The maximum atomic E-state index is 12.4. The van der Waals surface area contributed by atoms with Gasteiger partial charge in [0.05, 0.1) is 29.8 Å². The summed E-state index contributed by atoms with van der Waals surface area (Å²) in [6.45, 7) is 0.00453. The minimum Gasteiger partial charge on any atom is -0.507 e. The monoisotopic (exact) mass is 406 g/mol. The average Bonchev–Trinajstić information content (AvgIpc) is 3.47. The molecule has 3 heterocycles.